The van der Waals surface area contributed by atoms with Gasteiger partial charge in [0.05, 0.1) is 0 Å². The molecule has 0 bridgehead atoms. The maximum absolute atomic E-state index is 12.1. The maximum atomic E-state index is 12.1. The molecule has 2 heterocycles. The number of rotatable bonds is 5. The first-order valence-electron chi connectivity index (χ1n) is 5.73. The van der Waals surface area contributed by atoms with Crippen molar-refractivity contribution in [1.82, 2.24) is 10.3 Å². The Kier molecular flexibility index (Phi) is 3.47. The molecular formula is C14H12N2O4. The molecule has 0 saturated carbocycles. The van der Waals surface area contributed by atoms with Crippen molar-refractivity contribution in [2.24, 2.45) is 0 Å². The van der Waals surface area contributed by atoms with Gasteiger partial charge in [-0.2, -0.15) is 0 Å². The highest BCUT2D eigenvalue weighted by Crippen LogP contribution is 2.19. The molecule has 0 atom stereocenters. The van der Waals surface area contributed by atoms with E-state index in [4.69, 9.17) is 9.05 Å². The lowest BCUT2D eigenvalue weighted by atomic mass is 9.96. The fourth-order valence-electron chi connectivity index (χ4n) is 1.57. The smallest absolute Gasteiger partial charge is 0.215 e. The minimum atomic E-state index is -0.504. The van der Waals surface area contributed by atoms with Gasteiger partial charge in [0.15, 0.2) is 11.4 Å². The van der Waals surface area contributed by atoms with E-state index in [1.807, 2.05) is 0 Å². The normalized spacial score (nSPS) is 10.3. The van der Waals surface area contributed by atoms with Crippen molar-refractivity contribution in [1.29, 1.82) is 0 Å². The molecule has 0 aromatic carbocycles. The van der Waals surface area contributed by atoms with E-state index in [1.54, 1.807) is 13.8 Å². The molecule has 0 radical (unpaired) electrons. The molecule has 0 N–H and O–H groups in total. The van der Waals surface area contributed by atoms with Crippen LogP contribution in [0.4, 0.5) is 0 Å². The van der Waals surface area contributed by atoms with E-state index in [9.17, 15) is 9.59 Å². The summed E-state index contributed by atoms with van der Waals surface area (Å²) in [6.45, 7) is 10.5. The highest BCUT2D eigenvalue weighted by Gasteiger charge is 2.25. The number of Topliss-reactive ketones (excluding diaryl/α,β-unsaturated/α-hetero) is 2. The van der Waals surface area contributed by atoms with E-state index in [0.29, 0.717) is 11.1 Å². The first-order chi connectivity index (χ1) is 9.43. The SMILES string of the molecule is C=C(C(=C)C(=O)c1nocc1C)C(=O)c1nocc1C. The van der Waals surface area contributed by atoms with Crippen LogP contribution in [0, 0.1) is 13.8 Å². The fraction of sp³-hybridized carbons (Fsp3) is 0.143. The second kappa shape index (κ2) is 5.08. The summed E-state index contributed by atoms with van der Waals surface area (Å²) in [6, 6.07) is 0. The Morgan fingerprint density at radius 2 is 1.25 bits per heavy atom. The van der Waals surface area contributed by atoms with Gasteiger partial charge in [0.1, 0.15) is 12.5 Å². The number of carbonyl (C=O) groups excluding carboxylic acids is 2. The summed E-state index contributed by atoms with van der Waals surface area (Å²) < 4.78 is 9.39. The predicted octanol–water partition coefficient (Wildman–Crippen LogP) is 2.46. The van der Waals surface area contributed by atoms with Crippen LogP contribution in [0.1, 0.15) is 32.1 Å². The molecule has 6 nitrogen and oxygen atoms in total. The molecule has 0 amide bonds. The monoisotopic (exact) mass is 272 g/mol. The van der Waals surface area contributed by atoms with E-state index >= 15 is 0 Å². The zero-order chi connectivity index (χ0) is 14.9. The summed E-state index contributed by atoms with van der Waals surface area (Å²) >= 11 is 0. The van der Waals surface area contributed by atoms with Gasteiger partial charge in [-0.25, -0.2) is 0 Å². The Hall–Kier alpha value is -2.76. The molecule has 2 aromatic rings. The summed E-state index contributed by atoms with van der Waals surface area (Å²) in [5.74, 6) is -1.01. The molecule has 2 rings (SSSR count). The average Bonchev–Trinajstić information content (AvgIpc) is 3.04. The first-order valence-corrected chi connectivity index (χ1v) is 5.73. The Morgan fingerprint density at radius 3 is 1.50 bits per heavy atom. The van der Waals surface area contributed by atoms with Crippen LogP contribution in [0.25, 0.3) is 0 Å². The average molecular weight is 272 g/mol. The first kappa shape index (κ1) is 13.7. The van der Waals surface area contributed by atoms with Crippen LogP contribution in [0.3, 0.4) is 0 Å². The third-order valence-corrected chi connectivity index (χ3v) is 2.84. The second-order valence-electron chi connectivity index (χ2n) is 4.31. The lowest BCUT2D eigenvalue weighted by Crippen LogP contribution is -2.13. The lowest BCUT2D eigenvalue weighted by Gasteiger charge is -2.05. The van der Waals surface area contributed by atoms with Gasteiger partial charge < -0.3 is 9.05 Å². The molecular weight excluding hydrogens is 260 g/mol. The number of nitrogens with zero attached hydrogens (tertiary/aromatic N) is 2. The van der Waals surface area contributed by atoms with Crippen LogP contribution in [0.15, 0.2) is 45.9 Å². The van der Waals surface area contributed by atoms with Gasteiger partial charge in [-0.1, -0.05) is 23.5 Å². The van der Waals surface area contributed by atoms with Gasteiger partial charge in [0.2, 0.25) is 11.6 Å². The van der Waals surface area contributed by atoms with Crippen LogP contribution in [-0.4, -0.2) is 21.9 Å². The van der Waals surface area contributed by atoms with E-state index in [2.05, 4.69) is 23.5 Å². The summed E-state index contributed by atoms with van der Waals surface area (Å²) in [5.41, 5.74) is 1.26. The van der Waals surface area contributed by atoms with Gasteiger partial charge in [-0.3, -0.25) is 9.59 Å². The predicted molar refractivity (Wildman–Crippen MR) is 69.4 cm³/mol. The zero-order valence-corrected chi connectivity index (χ0v) is 11.1. The minimum absolute atomic E-state index is 0.0469. The van der Waals surface area contributed by atoms with E-state index in [0.717, 1.165) is 0 Å². The van der Waals surface area contributed by atoms with Crippen molar-refractivity contribution >= 4 is 11.6 Å². The Balaban J connectivity index is 2.24. The molecule has 20 heavy (non-hydrogen) atoms. The number of hydrogen-bond donors (Lipinski definition) is 0. The third-order valence-electron chi connectivity index (χ3n) is 2.84. The quantitative estimate of drug-likeness (QED) is 0.472. The number of aryl methyl sites for hydroxylation is 2. The van der Waals surface area contributed by atoms with Crippen molar-refractivity contribution < 1.29 is 18.6 Å². The van der Waals surface area contributed by atoms with Gasteiger partial charge in [0, 0.05) is 22.3 Å². The van der Waals surface area contributed by atoms with Gasteiger partial charge in [0.25, 0.3) is 0 Å². The number of aromatic nitrogens is 2. The van der Waals surface area contributed by atoms with E-state index in [-0.39, 0.29) is 22.5 Å². The summed E-state index contributed by atoms with van der Waals surface area (Å²) in [7, 11) is 0. The van der Waals surface area contributed by atoms with Crippen LogP contribution >= 0.6 is 0 Å². The topological polar surface area (TPSA) is 86.2 Å². The van der Waals surface area contributed by atoms with Crippen LogP contribution < -0.4 is 0 Å². The minimum Gasteiger partial charge on any atom is -0.364 e. The fourth-order valence-corrected chi connectivity index (χ4v) is 1.57. The molecule has 0 aliphatic rings. The Labute approximate surface area is 114 Å². The van der Waals surface area contributed by atoms with E-state index in [1.165, 1.54) is 12.5 Å². The zero-order valence-electron chi connectivity index (χ0n) is 11.1. The molecule has 0 saturated heterocycles. The number of ketones is 2. The van der Waals surface area contributed by atoms with Gasteiger partial charge in [-0.05, 0) is 13.8 Å². The largest absolute Gasteiger partial charge is 0.364 e. The van der Waals surface area contributed by atoms with Gasteiger partial charge in [-0.15, -0.1) is 0 Å². The van der Waals surface area contributed by atoms with Crippen molar-refractivity contribution in [3.63, 3.8) is 0 Å². The number of allylic oxidation sites excluding steroid dienone is 2. The molecule has 2 aromatic heterocycles. The van der Waals surface area contributed by atoms with Crippen molar-refractivity contribution in [3.8, 4) is 0 Å². The van der Waals surface area contributed by atoms with Crippen molar-refractivity contribution in [3.05, 3.63) is 59.3 Å². The van der Waals surface area contributed by atoms with Gasteiger partial charge >= 0.3 is 0 Å². The molecule has 102 valence electrons. The van der Waals surface area contributed by atoms with Crippen LogP contribution in [-0.2, 0) is 0 Å². The summed E-state index contributed by atoms with van der Waals surface area (Å²) in [5, 5.41) is 7.17. The standard InChI is InChI=1S/C14H12N2O4/c1-7-5-19-15-11(7)13(17)9(3)10(4)14(18)12-8(2)6-20-16-12/h5-6H,3-4H2,1-2H3. The van der Waals surface area contributed by atoms with Crippen molar-refractivity contribution in [2.45, 2.75) is 13.8 Å². The van der Waals surface area contributed by atoms with Crippen LogP contribution in [0.5, 0.6) is 0 Å². The number of carbonyl (C=O) groups is 2. The summed E-state index contributed by atoms with van der Waals surface area (Å²) in [6.07, 6.45) is 2.68. The van der Waals surface area contributed by atoms with Crippen LogP contribution in [0.2, 0.25) is 0 Å². The highest BCUT2D eigenvalue weighted by molar-refractivity contribution is 6.21. The van der Waals surface area contributed by atoms with E-state index < -0.39 is 11.6 Å². The molecule has 6 heteroatoms. The highest BCUT2D eigenvalue weighted by atomic mass is 16.5. The van der Waals surface area contributed by atoms with Crippen molar-refractivity contribution in [2.75, 3.05) is 0 Å². The molecule has 0 fully saturated rings. The molecule has 0 unspecified atom stereocenters. The Bertz CT molecular complexity index is 659. The number of hydrogen-bond acceptors (Lipinski definition) is 6. The maximum Gasteiger partial charge on any atom is 0.215 e. The third kappa shape index (κ3) is 2.23. The molecule has 0 spiro atoms. The molecule has 0 aliphatic carbocycles. The molecule has 0 aliphatic heterocycles. The Morgan fingerprint density at radius 1 is 0.900 bits per heavy atom. The second-order valence-corrected chi connectivity index (χ2v) is 4.31. The lowest BCUT2D eigenvalue weighted by molar-refractivity contribution is 0.0988. The summed E-state index contributed by atoms with van der Waals surface area (Å²) in [4.78, 5) is 24.3.